The molecule has 0 saturated heterocycles. The summed E-state index contributed by atoms with van der Waals surface area (Å²) in [6.07, 6.45) is -4.08. The highest BCUT2D eigenvalue weighted by atomic mass is 32.2. The van der Waals surface area contributed by atoms with Crippen LogP contribution in [0.3, 0.4) is 0 Å². The normalized spacial score (nSPS) is 12.5. The second-order valence-electron chi connectivity index (χ2n) is 4.30. The van der Waals surface area contributed by atoms with Crippen LogP contribution in [-0.2, 0) is 22.6 Å². The fourth-order valence-corrected chi connectivity index (χ4v) is 3.47. The average molecular weight is 335 g/mol. The van der Waals surface area contributed by atoms with Crippen LogP contribution < -0.4 is 4.72 Å². The van der Waals surface area contributed by atoms with Gasteiger partial charge in [0.1, 0.15) is 0 Å². The third kappa shape index (κ3) is 4.29. The molecule has 8 heteroatoms. The largest absolute Gasteiger partial charge is 0.416 e. The Kier molecular flexibility index (Phi) is 4.70. The zero-order valence-corrected chi connectivity index (χ0v) is 12.4. The first-order chi connectivity index (χ1) is 9.79. The second-order valence-corrected chi connectivity index (χ2v) is 6.85. The van der Waals surface area contributed by atoms with Gasteiger partial charge in [0.25, 0.3) is 0 Å². The minimum atomic E-state index is -4.57. The van der Waals surface area contributed by atoms with E-state index in [-0.39, 0.29) is 11.4 Å². The highest BCUT2D eigenvalue weighted by molar-refractivity contribution is 7.89. The van der Waals surface area contributed by atoms with E-state index in [0.717, 1.165) is 23.8 Å². The van der Waals surface area contributed by atoms with E-state index in [1.807, 2.05) is 16.8 Å². The fourth-order valence-electron chi connectivity index (χ4n) is 1.69. The van der Waals surface area contributed by atoms with E-state index in [1.165, 1.54) is 11.3 Å². The monoisotopic (exact) mass is 335 g/mol. The van der Waals surface area contributed by atoms with Crippen molar-refractivity contribution in [1.82, 2.24) is 4.72 Å². The molecule has 0 aliphatic carbocycles. The summed E-state index contributed by atoms with van der Waals surface area (Å²) in [5, 5.41) is 3.76. The predicted molar refractivity (Wildman–Crippen MR) is 74.7 cm³/mol. The van der Waals surface area contributed by atoms with Crippen molar-refractivity contribution in [2.45, 2.75) is 17.5 Å². The number of hydrogen-bond acceptors (Lipinski definition) is 3. The molecule has 0 radical (unpaired) electrons. The van der Waals surface area contributed by atoms with Crippen molar-refractivity contribution >= 4 is 21.4 Å². The minimum Gasteiger partial charge on any atom is -0.211 e. The molecule has 114 valence electrons. The van der Waals surface area contributed by atoms with E-state index < -0.39 is 21.8 Å². The van der Waals surface area contributed by atoms with Gasteiger partial charge < -0.3 is 0 Å². The van der Waals surface area contributed by atoms with Crippen LogP contribution in [0.4, 0.5) is 13.2 Å². The van der Waals surface area contributed by atoms with Crippen molar-refractivity contribution in [2.75, 3.05) is 6.54 Å². The van der Waals surface area contributed by atoms with Gasteiger partial charge in [-0.3, -0.25) is 0 Å². The molecule has 2 rings (SSSR count). The quantitative estimate of drug-likeness (QED) is 0.911. The highest BCUT2D eigenvalue weighted by Crippen LogP contribution is 2.30. The molecule has 1 heterocycles. The lowest BCUT2D eigenvalue weighted by molar-refractivity contribution is -0.137. The van der Waals surface area contributed by atoms with Gasteiger partial charge in [-0.1, -0.05) is 6.07 Å². The summed E-state index contributed by atoms with van der Waals surface area (Å²) < 4.78 is 64.0. The predicted octanol–water partition coefficient (Wildman–Crippen LogP) is 3.29. The van der Waals surface area contributed by atoms with Crippen molar-refractivity contribution in [1.29, 1.82) is 0 Å². The fraction of sp³-hybridized carbons (Fsp3) is 0.231. The first kappa shape index (κ1) is 16.0. The lowest BCUT2D eigenvalue weighted by Gasteiger charge is -2.10. The van der Waals surface area contributed by atoms with Crippen LogP contribution in [-0.4, -0.2) is 15.0 Å². The number of benzene rings is 1. The molecule has 0 saturated carbocycles. The number of sulfonamides is 1. The van der Waals surface area contributed by atoms with Crippen molar-refractivity contribution < 1.29 is 21.6 Å². The molecule has 1 aromatic carbocycles. The first-order valence-electron chi connectivity index (χ1n) is 5.97. The summed E-state index contributed by atoms with van der Waals surface area (Å²) >= 11 is 1.50. The van der Waals surface area contributed by atoms with Gasteiger partial charge in [0, 0.05) is 6.54 Å². The van der Waals surface area contributed by atoms with E-state index >= 15 is 0 Å². The lowest BCUT2D eigenvalue weighted by atomic mass is 10.2. The molecule has 21 heavy (non-hydrogen) atoms. The van der Waals surface area contributed by atoms with Crippen LogP contribution in [0.5, 0.6) is 0 Å². The van der Waals surface area contributed by atoms with Crippen molar-refractivity contribution in [3.63, 3.8) is 0 Å². The van der Waals surface area contributed by atoms with Gasteiger partial charge in [-0.2, -0.15) is 24.5 Å². The number of alkyl halides is 3. The topological polar surface area (TPSA) is 46.2 Å². The van der Waals surface area contributed by atoms with Gasteiger partial charge in [-0.25, -0.2) is 13.1 Å². The van der Waals surface area contributed by atoms with Gasteiger partial charge >= 0.3 is 6.18 Å². The smallest absolute Gasteiger partial charge is 0.211 e. The molecule has 1 aromatic heterocycles. The molecule has 0 spiro atoms. The number of thiophene rings is 1. The summed E-state index contributed by atoms with van der Waals surface area (Å²) in [4.78, 5) is -0.386. The molecule has 0 amide bonds. The lowest BCUT2D eigenvalue weighted by Crippen LogP contribution is -2.26. The number of nitrogens with one attached hydrogen (secondary N) is 1. The zero-order valence-electron chi connectivity index (χ0n) is 10.7. The van der Waals surface area contributed by atoms with E-state index in [9.17, 15) is 21.6 Å². The Labute approximate surface area is 124 Å². The molecule has 2 aromatic rings. The summed E-state index contributed by atoms with van der Waals surface area (Å²) in [5.41, 5.74) is -0.00467. The summed E-state index contributed by atoms with van der Waals surface area (Å²) in [6, 6.07) is 5.55. The molecule has 0 fully saturated rings. The van der Waals surface area contributed by atoms with Crippen LogP contribution in [0.25, 0.3) is 0 Å². The Morgan fingerprint density at radius 1 is 1.19 bits per heavy atom. The zero-order chi connectivity index (χ0) is 15.5. The molecule has 1 N–H and O–H groups in total. The average Bonchev–Trinajstić information content (AvgIpc) is 2.91. The maximum Gasteiger partial charge on any atom is 0.416 e. The van der Waals surface area contributed by atoms with E-state index in [4.69, 9.17) is 0 Å². The van der Waals surface area contributed by atoms with E-state index in [2.05, 4.69) is 4.72 Å². The standard InChI is InChI=1S/C13H12F3NO2S2/c14-13(15,16)11-2-1-3-12(8-11)21(18,19)17-6-4-10-5-7-20-9-10/h1-3,5,7-9,17H,4,6H2. The molecule has 0 unspecified atom stereocenters. The molecule has 0 aliphatic rings. The Morgan fingerprint density at radius 2 is 1.95 bits per heavy atom. The summed E-state index contributed by atoms with van der Waals surface area (Å²) in [6.45, 7) is 0.134. The molecule has 0 aliphatic heterocycles. The third-order valence-electron chi connectivity index (χ3n) is 2.76. The Balaban J connectivity index is 2.08. The third-order valence-corrected chi connectivity index (χ3v) is 4.95. The van der Waals surface area contributed by atoms with Gasteiger partial charge in [-0.05, 0) is 47.0 Å². The maximum absolute atomic E-state index is 12.6. The summed E-state index contributed by atoms with van der Waals surface area (Å²) in [7, 11) is -3.94. The van der Waals surface area contributed by atoms with Crippen molar-refractivity contribution in [3.05, 3.63) is 52.2 Å². The molecular weight excluding hydrogens is 323 g/mol. The van der Waals surface area contributed by atoms with Gasteiger partial charge in [0.05, 0.1) is 10.5 Å². The molecule has 0 atom stereocenters. The van der Waals surface area contributed by atoms with E-state index in [0.29, 0.717) is 12.5 Å². The van der Waals surface area contributed by atoms with Crippen molar-refractivity contribution in [2.24, 2.45) is 0 Å². The summed E-state index contributed by atoms with van der Waals surface area (Å²) in [5.74, 6) is 0. The molecule has 0 bridgehead atoms. The van der Waals surface area contributed by atoms with Crippen LogP contribution in [0.15, 0.2) is 46.0 Å². The maximum atomic E-state index is 12.6. The Hall–Kier alpha value is -1.38. The van der Waals surface area contributed by atoms with Gasteiger partial charge in [-0.15, -0.1) is 0 Å². The van der Waals surface area contributed by atoms with Gasteiger partial charge in [0.15, 0.2) is 0 Å². The van der Waals surface area contributed by atoms with Gasteiger partial charge in [0.2, 0.25) is 10.0 Å². The molecule has 3 nitrogen and oxygen atoms in total. The molecular formula is C13H12F3NO2S2. The SMILES string of the molecule is O=S(=O)(NCCc1ccsc1)c1cccc(C(F)(F)F)c1. The van der Waals surface area contributed by atoms with Crippen LogP contribution >= 0.6 is 11.3 Å². The van der Waals surface area contributed by atoms with Crippen LogP contribution in [0, 0.1) is 0 Å². The van der Waals surface area contributed by atoms with Crippen molar-refractivity contribution in [3.8, 4) is 0 Å². The first-order valence-corrected chi connectivity index (χ1v) is 8.40. The van der Waals surface area contributed by atoms with Crippen LogP contribution in [0.2, 0.25) is 0 Å². The minimum absolute atomic E-state index is 0.134. The highest BCUT2D eigenvalue weighted by Gasteiger charge is 2.31. The Morgan fingerprint density at radius 3 is 2.57 bits per heavy atom. The number of hydrogen-bond donors (Lipinski definition) is 1. The second kappa shape index (κ2) is 6.17. The van der Waals surface area contributed by atoms with Crippen LogP contribution in [0.1, 0.15) is 11.1 Å². The number of rotatable bonds is 5. The number of halogens is 3. The Bertz CT molecular complexity index is 694. The van der Waals surface area contributed by atoms with E-state index in [1.54, 1.807) is 0 Å².